The minimum atomic E-state index is 0.489. The molecule has 16 heavy (non-hydrogen) atoms. The summed E-state index contributed by atoms with van der Waals surface area (Å²) in [6.07, 6.45) is 0. The molecule has 1 N–H and O–H groups in total. The summed E-state index contributed by atoms with van der Waals surface area (Å²) >= 11 is 6.01. The maximum absolute atomic E-state index is 6.01. The second-order valence-corrected chi connectivity index (χ2v) is 4.84. The van der Waals surface area contributed by atoms with Crippen LogP contribution >= 0.6 is 11.6 Å². The lowest BCUT2D eigenvalue weighted by atomic mass is 10.2. The van der Waals surface area contributed by atoms with E-state index in [1.54, 1.807) is 0 Å². The highest BCUT2D eigenvalue weighted by Crippen LogP contribution is 2.35. The molecule has 1 aromatic carbocycles. The summed E-state index contributed by atoms with van der Waals surface area (Å²) < 4.78 is 0. The largest absolute Gasteiger partial charge is 0.360 e. The lowest BCUT2D eigenvalue weighted by Crippen LogP contribution is -2.36. The van der Waals surface area contributed by atoms with Gasteiger partial charge in [-0.1, -0.05) is 11.6 Å². The van der Waals surface area contributed by atoms with Gasteiger partial charge < -0.3 is 15.1 Å². The summed E-state index contributed by atoms with van der Waals surface area (Å²) in [5.41, 5.74) is 2.27. The van der Waals surface area contributed by atoms with Crippen molar-refractivity contribution in [2.45, 2.75) is 13.0 Å². The van der Waals surface area contributed by atoms with Crippen molar-refractivity contribution in [1.29, 1.82) is 0 Å². The summed E-state index contributed by atoms with van der Waals surface area (Å²) in [4.78, 5) is 4.41. The molecule has 0 fully saturated rings. The maximum atomic E-state index is 6.01. The average molecular weight is 239 g/mol. The Morgan fingerprint density at radius 3 is 2.88 bits per heavy atom. The third-order valence-corrected chi connectivity index (χ3v) is 3.22. The molecule has 3 nitrogen and oxygen atoms in total. The molecule has 4 heteroatoms. The van der Waals surface area contributed by atoms with Crippen molar-refractivity contribution in [2.75, 3.05) is 30.9 Å². The van der Waals surface area contributed by atoms with E-state index in [4.69, 9.17) is 11.6 Å². The number of nitrogens with zero attached hydrogens (tertiary/aromatic N) is 2. The SMILES string of the molecule is CC(CN1[CH]Nc2ccc(Cl)cc21)N(C)C. The zero-order valence-electron chi connectivity index (χ0n) is 9.87. The van der Waals surface area contributed by atoms with Crippen LogP contribution in [0.5, 0.6) is 0 Å². The standard InChI is InChI=1S/C12H17ClN3/c1-9(15(2)3)7-16-8-14-11-5-4-10(13)6-12(11)16/h4-6,8-9,14H,7H2,1-3H3. The summed E-state index contributed by atoms with van der Waals surface area (Å²) in [6, 6.07) is 6.40. The molecule has 0 spiro atoms. The third-order valence-electron chi connectivity index (χ3n) is 2.99. The van der Waals surface area contributed by atoms with Crippen LogP contribution < -0.4 is 10.2 Å². The zero-order valence-corrected chi connectivity index (χ0v) is 10.6. The first-order valence-corrected chi connectivity index (χ1v) is 5.78. The number of fused-ring (bicyclic) bond motifs is 1. The Morgan fingerprint density at radius 1 is 1.44 bits per heavy atom. The highest BCUT2D eigenvalue weighted by molar-refractivity contribution is 6.31. The van der Waals surface area contributed by atoms with Crippen molar-refractivity contribution in [2.24, 2.45) is 0 Å². The van der Waals surface area contributed by atoms with E-state index in [-0.39, 0.29) is 0 Å². The molecule has 1 unspecified atom stereocenters. The van der Waals surface area contributed by atoms with Gasteiger partial charge in [0, 0.05) is 17.6 Å². The Balaban J connectivity index is 2.14. The van der Waals surface area contributed by atoms with Gasteiger partial charge in [-0.05, 0) is 39.2 Å². The molecule has 0 saturated carbocycles. The van der Waals surface area contributed by atoms with Gasteiger partial charge in [-0.25, -0.2) is 0 Å². The topological polar surface area (TPSA) is 18.5 Å². The lowest BCUT2D eigenvalue weighted by molar-refractivity contribution is 0.318. The van der Waals surface area contributed by atoms with Crippen molar-refractivity contribution >= 4 is 23.0 Å². The number of hydrogen-bond donors (Lipinski definition) is 1. The normalized spacial score (nSPS) is 16.2. The molecule has 0 bridgehead atoms. The molecule has 0 aliphatic carbocycles. The predicted molar refractivity (Wildman–Crippen MR) is 69.9 cm³/mol. The van der Waals surface area contributed by atoms with Crippen LogP contribution in [0.1, 0.15) is 6.92 Å². The van der Waals surface area contributed by atoms with Crippen LogP contribution in [0.3, 0.4) is 0 Å². The Labute approximate surface area is 102 Å². The van der Waals surface area contributed by atoms with Crippen LogP contribution in [-0.2, 0) is 0 Å². The van der Waals surface area contributed by atoms with Gasteiger partial charge in [0.25, 0.3) is 0 Å². The molecule has 2 rings (SSSR count). The highest BCUT2D eigenvalue weighted by Gasteiger charge is 2.21. The minimum Gasteiger partial charge on any atom is -0.360 e. The van der Waals surface area contributed by atoms with Crippen molar-refractivity contribution in [1.82, 2.24) is 4.90 Å². The summed E-state index contributed by atoms with van der Waals surface area (Å²) in [7, 11) is 4.18. The highest BCUT2D eigenvalue weighted by atomic mass is 35.5. The van der Waals surface area contributed by atoms with E-state index in [0.29, 0.717) is 6.04 Å². The Hall–Kier alpha value is -0.930. The fraction of sp³-hybridized carbons (Fsp3) is 0.417. The van der Waals surface area contributed by atoms with E-state index >= 15 is 0 Å². The first kappa shape index (κ1) is 11.6. The van der Waals surface area contributed by atoms with E-state index in [1.165, 1.54) is 0 Å². The summed E-state index contributed by atoms with van der Waals surface area (Å²) in [5.74, 6) is 0. The van der Waals surface area contributed by atoms with Crippen molar-refractivity contribution < 1.29 is 0 Å². The second-order valence-electron chi connectivity index (χ2n) is 4.40. The number of hydrogen-bond acceptors (Lipinski definition) is 3. The number of halogens is 1. The Morgan fingerprint density at radius 2 is 2.19 bits per heavy atom. The molecular weight excluding hydrogens is 222 g/mol. The van der Waals surface area contributed by atoms with Crippen LogP contribution in [0, 0.1) is 6.67 Å². The molecule has 1 aliphatic heterocycles. The lowest BCUT2D eigenvalue weighted by Gasteiger charge is -2.26. The van der Waals surface area contributed by atoms with Crippen LogP contribution in [0.15, 0.2) is 18.2 Å². The fourth-order valence-corrected chi connectivity index (χ4v) is 1.85. The smallest absolute Gasteiger partial charge is 0.139 e. The molecule has 1 aliphatic rings. The van der Waals surface area contributed by atoms with Crippen molar-refractivity contribution in [3.63, 3.8) is 0 Å². The maximum Gasteiger partial charge on any atom is 0.139 e. The van der Waals surface area contributed by atoms with E-state index in [9.17, 15) is 0 Å². The Bertz CT molecular complexity index is 379. The van der Waals surface area contributed by atoms with Gasteiger partial charge in [0.2, 0.25) is 0 Å². The van der Waals surface area contributed by atoms with Gasteiger partial charge in [0.05, 0.1) is 11.4 Å². The number of likely N-dealkylation sites (N-methyl/N-ethyl adjacent to an activating group) is 1. The number of anilines is 2. The van der Waals surface area contributed by atoms with Gasteiger partial charge in [0.15, 0.2) is 0 Å². The first-order valence-electron chi connectivity index (χ1n) is 5.40. The van der Waals surface area contributed by atoms with Crippen molar-refractivity contribution in [3.05, 3.63) is 29.9 Å². The van der Waals surface area contributed by atoms with Gasteiger partial charge in [0.1, 0.15) is 6.67 Å². The monoisotopic (exact) mass is 238 g/mol. The molecular formula is C12H17ClN3. The first-order chi connectivity index (χ1) is 7.58. The molecule has 1 radical (unpaired) electrons. The minimum absolute atomic E-state index is 0.489. The molecule has 0 aromatic heterocycles. The summed E-state index contributed by atoms with van der Waals surface area (Å²) in [6.45, 7) is 5.16. The number of rotatable bonds is 3. The van der Waals surface area contributed by atoms with E-state index in [0.717, 1.165) is 22.9 Å². The van der Waals surface area contributed by atoms with Gasteiger partial charge in [-0.2, -0.15) is 0 Å². The Kier molecular flexibility index (Phi) is 3.26. The van der Waals surface area contributed by atoms with Gasteiger partial charge in [-0.15, -0.1) is 0 Å². The molecule has 1 atom stereocenters. The van der Waals surface area contributed by atoms with Gasteiger partial charge in [-0.3, -0.25) is 0 Å². The molecule has 1 aromatic rings. The predicted octanol–water partition coefficient (Wildman–Crippen LogP) is 2.64. The number of benzene rings is 1. The molecule has 87 valence electrons. The van der Waals surface area contributed by atoms with E-state index in [1.807, 2.05) is 24.9 Å². The van der Waals surface area contributed by atoms with E-state index < -0.39 is 0 Å². The quantitative estimate of drug-likeness (QED) is 0.874. The van der Waals surface area contributed by atoms with Crippen LogP contribution in [0.25, 0.3) is 0 Å². The fourth-order valence-electron chi connectivity index (χ4n) is 1.68. The molecule has 0 saturated heterocycles. The average Bonchev–Trinajstić information content (AvgIpc) is 2.61. The summed E-state index contributed by atoms with van der Waals surface area (Å²) in [5, 5.41) is 4.02. The van der Waals surface area contributed by atoms with Gasteiger partial charge >= 0.3 is 0 Å². The van der Waals surface area contributed by atoms with Crippen LogP contribution in [-0.4, -0.2) is 31.6 Å². The zero-order chi connectivity index (χ0) is 11.7. The van der Waals surface area contributed by atoms with E-state index in [2.05, 4.69) is 36.1 Å². The van der Waals surface area contributed by atoms with Crippen LogP contribution in [0.4, 0.5) is 11.4 Å². The number of nitrogens with one attached hydrogen (secondary N) is 1. The molecule has 0 amide bonds. The second kappa shape index (κ2) is 4.52. The van der Waals surface area contributed by atoms with Crippen LogP contribution in [0.2, 0.25) is 5.02 Å². The molecule has 1 heterocycles. The van der Waals surface area contributed by atoms with Crippen molar-refractivity contribution in [3.8, 4) is 0 Å². The third kappa shape index (κ3) is 2.25.